The summed E-state index contributed by atoms with van der Waals surface area (Å²) in [5, 5.41) is 3.64. The zero-order valence-electron chi connectivity index (χ0n) is 17.0. The normalized spacial score (nSPS) is 11.2. The van der Waals surface area contributed by atoms with E-state index in [-0.39, 0.29) is 0 Å². The Kier molecular flexibility index (Phi) is 4.56. The Bertz CT molecular complexity index is 1350. The number of thiazole rings is 1. The number of ether oxygens (including phenoxy) is 2. The molecule has 2 heterocycles. The third-order valence-corrected chi connectivity index (χ3v) is 6.22. The van der Waals surface area contributed by atoms with Gasteiger partial charge in [0.15, 0.2) is 4.96 Å². The molecular formula is C24H21N3O2S. The van der Waals surface area contributed by atoms with E-state index in [1.165, 1.54) is 5.56 Å². The lowest BCUT2D eigenvalue weighted by molar-refractivity contribution is 0.415. The van der Waals surface area contributed by atoms with Crippen molar-refractivity contribution in [1.82, 2.24) is 9.38 Å². The van der Waals surface area contributed by atoms with E-state index < -0.39 is 0 Å². The molecule has 30 heavy (non-hydrogen) atoms. The van der Waals surface area contributed by atoms with Gasteiger partial charge in [-0.3, -0.25) is 4.40 Å². The number of aryl methyl sites for hydroxylation is 1. The Morgan fingerprint density at radius 1 is 0.900 bits per heavy atom. The fourth-order valence-electron chi connectivity index (χ4n) is 3.58. The number of anilines is 2. The van der Waals surface area contributed by atoms with Crippen LogP contribution >= 0.6 is 11.3 Å². The summed E-state index contributed by atoms with van der Waals surface area (Å²) in [7, 11) is 3.36. The van der Waals surface area contributed by atoms with Crippen LogP contribution in [-0.4, -0.2) is 23.6 Å². The number of aromatic nitrogens is 2. The van der Waals surface area contributed by atoms with Gasteiger partial charge in [0, 0.05) is 11.3 Å². The maximum Gasteiger partial charge on any atom is 0.197 e. The number of hydrogen-bond acceptors (Lipinski definition) is 5. The number of nitrogens with zero attached hydrogens (tertiary/aromatic N) is 2. The van der Waals surface area contributed by atoms with Crippen LogP contribution in [-0.2, 0) is 0 Å². The predicted octanol–water partition coefficient (Wildman–Crippen LogP) is 6.29. The minimum Gasteiger partial charge on any atom is -0.497 e. The van der Waals surface area contributed by atoms with Crippen LogP contribution in [0.1, 0.15) is 5.56 Å². The zero-order valence-corrected chi connectivity index (χ0v) is 17.8. The van der Waals surface area contributed by atoms with E-state index in [4.69, 9.17) is 14.5 Å². The van der Waals surface area contributed by atoms with Gasteiger partial charge in [0.1, 0.15) is 23.0 Å². The van der Waals surface area contributed by atoms with Crippen molar-refractivity contribution in [3.05, 3.63) is 72.3 Å². The van der Waals surface area contributed by atoms with Gasteiger partial charge in [-0.05, 0) is 61.0 Å². The van der Waals surface area contributed by atoms with Crippen molar-refractivity contribution in [3.8, 4) is 22.8 Å². The largest absolute Gasteiger partial charge is 0.497 e. The van der Waals surface area contributed by atoms with Gasteiger partial charge in [-0.1, -0.05) is 29.5 Å². The van der Waals surface area contributed by atoms with Crippen LogP contribution in [0.5, 0.6) is 11.5 Å². The number of methoxy groups -OCH3 is 2. The molecule has 0 spiro atoms. The molecule has 0 bridgehead atoms. The molecular weight excluding hydrogens is 394 g/mol. The van der Waals surface area contributed by atoms with E-state index >= 15 is 0 Å². The van der Waals surface area contributed by atoms with Crippen molar-refractivity contribution >= 4 is 38.0 Å². The van der Waals surface area contributed by atoms with Crippen LogP contribution < -0.4 is 14.8 Å². The van der Waals surface area contributed by atoms with E-state index in [2.05, 4.69) is 40.9 Å². The molecule has 3 aromatic carbocycles. The Balaban J connectivity index is 1.75. The highest BCUT2D eigenvalue weighted by Gasteiger charge is 2.19. The van der Waals surface area contributed by atoms with Crippen LogP contribution in [0.25, 0.3) is 26.4 Å². The molecule has 0 saturated heterocycles. The molecule has 5 nitrogen and oxygen atoms in total. The predicted molar refractivity (Wildman–Crippen MR) is 124 cm³/mol. The summed E-state index contributed by atoms with van der Waals surface area (Å²) in [6, 6.07) is 22.4. The second-order valence-electron chi connectivity index (χ2n) is 7.03. The van der Waals surface area contributed by atoms with Gasteiger partial charge < -0.3 is 14.8 Å². The van der Waals surface area contributed by atoms with Crippen LogP contribution in [0.2, 0.25) is 0 Å². The molecule has 6 heteroatoms. The molecule has 5 rings (SSSR count). The second-order valence-corrected chi connectivity index (χ2v) is 8.04. The van der Waals surface area contributed by atoms with Gasteiger partial charge in [-0.15, -0.1) is 0 Å². The SMILES string of the molecule is COc1ccc(-c2nc3sc4cc(OC)ccc4n3c2Nc2ccccc2C)cc1. The minimum absolute atomic E-state index is 0.825. The van der Waals surface area contributed by atoms with E-state index in [1.54, 1.807) is 25.6 Å². The molecule has 0 radical (unpaired) electrons. The Hall–Kier alpha value is -3.51. The third kappa shape index (κ3) is 3.06. The molecule has 0 aliphatic rings. The first kappa shape index (κ1) is 18.5. The summed E-state index contributed by atoms with van der Waals surface area (Å²) >= 11 is 1.65. The lowest BCUT2D eigenvalue weighted by atomic mass is 10.1. The maximum atomic E-state index is 5.40. The van der Waals surface area contributed by atoms with Gasteiger partial charge in [0.25, 0.3) is 0 Å². The van der Waals surface area contributed by atoms with Crippen molar-refractivity contribution in [2.75, 3.05) is 19.5 Å². The van der Waals surface area contributed by atoms with Gasteiger partial charge in [0.05, 0.1) is 24.4 Å². The highest BCUT2D eigenvalue weighted by Crippen LogP contribution is 2.39. The molecule has 1 N–H and O–H groups in total. The smallest absolute Gasteiger partial charge is 0.197 e. The lowest BCUT2D eigenvalue weighted by Gasteiger charge is -2.11. The van der Waals surface area contributed by atoms with Crippen molar-refractivity contribution in [2.45, 2.75) is 6.92 Å². The molecule has 0 unspecified atom stereocenters. The standard InChI is InChI=1S/C24H21N3O2S/c1-15-6-4-5-7-19(15)25-23-22(16-8-10-17(28-2)11-9-16)26-24-27(23)20-13-12-18(29-3)14-21(20)30-24/h4-14,25H,1-3H3. The minimum atomic E-state index is 0.825. The maximum absolute atomic E-state index is 5.40. The molecule has 0 aliphatic heterocycles. The number of rotatable bonds is 5. The van der Waals surface area contributed by atoms with E-state index in [0.29, 0.717) is 0 Å². The number of imidazole rings is 1. The number of para-hydroxylation sites is 1. The average molecular weight is 416 g/mol. The Morgan fingerprint density at radius 2 is 1.63 bits per heavy atom. The Labute approximate surface area is 178 Å². The van der Waals surface area contributed by atoms with Crippen LogP contribution in [0, 0.1) is 6.92 Å². The number of nitrogens with one attached hydrogen (secondary N) is 1. The summed E-state index contributed by atoms with van der Waals surface area (Å²) in [6.07, 6.45) is 0. The monoisotopic (exact) mass is 415 g/mol. The van der Waals surface area contributed by atoms with Crippen molar-refractivity contribution in [1.29, 1.82) is 0 Å². The van der Waals surface area contributed by atoms with E-state index in [1.807, 2.05) is 42.5 Å². The number of benzene rings is 3. The summed E-state index contributed by atoms with van der Waals surface area (Å²) in [4.78, 5) is 5.93. The molecule has 0 saturated carbocycles. The summed E-state index contributed by atoms with van der Waals surface area (Å²) < 4.78 is 14.0. The summed E-state index contributed by atoms with van der Waals surface area (Å²) in [5.74, 6) is 2.61. The topological polar surface area (TPSA) is 47.8 Å². The zero-order chi connectivity index (χ0) is 20.7. The van der Waals surface area contributed by atoms with Crippen LogP contribution in [0.4, 0.5) is 11.5 Å². The highest BCUT2D eigenvalue weighted by atomic mass is 32.1. The number of hydrogen-bond donors (Lipinski definition) is 1. The van der Waals surface area contributed by atoms with Crippen molar-refractivity contribution in [2.24, 2.45) is 0 Å². The first-order chi connectivity index (χ1) is 14.7. The van der Waals surface area contributed by atoms with E-state index in [9.17, 15) is 0 Å². The fourth-order valence-corrected chi connectivity index (χ4v) is 4.64. The van der Waals surface area contributed by atoms with E-state index in [0.717, 1.165) is 49.4 Å². The molecule has 0 amide bonds. The summed E-state index contributed by atoms with van der Waals surface area (Å²) in [6.45, 7) is 2.10. The second kappa shape index (κ2) is 7.39. The lowest BCUT2D eigenvalue weighted by Crippen LogP contribution is -1.98. The Morgan fingerprint density at radius 3 is 2.37 bits per heavy atom. The third-order valence-electron chi connectivity index (χ3n) is 5.22. The molecule has 150 valence electrons. The van der Waals surface area contributed by atoms with Gasteiger partial charge in [-0.25, -0.2) is 4.98 Å². The fraction of sp³-hybridized carbons (Fsp3) is 0.125. The quantitative estimate of drug-likeness (QED) is 0.367. The van der Waals surface area contributed by atoms with Crippen molar-refractivity contribution in [3.63, 3.8) is 0 Å². The first-order valence-electron chi connectivity index (χ1n) is 9.64. The first-order valence-corrected chi connectivity index (χ1v) is 10.5. The van der Waals surface area contributed by atoms with Gasteiger partial charge >= 0.3 is 0 Å². The van der Waals surface area contributed by atoms with Gasteiger partial charge in [0.2, 0.25) is 0 Å². The van der Waals surface area contributed by atoms with Crippen LogP contribution in [0.15, 0.2) is 66.7 Å². The molecule has 0 atom stereocenters. The molecule has 5 aromatic rings. The number of fused-ring (bicyclic) bond motifs is 3. The van der Waals surface area contributed by atoms with Crippen molar-refractivity contribution < 1.29 is 9.47 Å². The summed E-state index contributed by atoms with van der Waals surface area (Å²) in [5.41, 5.74) is 5.27. The molecule has 0 fully saturated rings. The highest BCUT2D eigenvalue weighted by molar-refractivity contribution is 7.23. The molecule has 2 aromatic heterocycles. The van der Waals surface area contributed by atoms with Crippen LogP contribution in [0.3, 0.4) is 0 Å². The average Bonchev–Trinajstić information content (AvgIpc) is 3.31. The molecule has 0 aliphatic carbocycles. The van der Waals surface area contributed by atoms with Gasteiger partial charge in [-0.2, -0.15) is 0 Å².